The molecule has 2 heteroatoms. The molecule has 2 unspecified atom stereocenters. The molecule has 0 N–H and O–H groups in total. The minimum Gasteiger partial charge on any atom is -0.496 e. The van der Waals surface area contributed by atoms with Crippen LogP contribution in [0.3, 0.4) is 0 Å². The summed E-state index contributed by atoms with van der Waals surface area (Å²) >= 11 is 0. The Morgan fingerprint density at radius 2 is 1.18 bits per heavy atom. The maximum absolute atomic E-state index is 5.72. The van der Waals surface area contributed by atoms with Gasteiger partial charge in [0.2, 0.25) is 0 Å². The van der Waals surface area contributed by atoms with Crippen molar-refractivity contribution in [2.45, 2.75) is 37.5 Å². The van der Waals surface area contributed by atoms with Gasteiger partial charge >= 0.3 is 0 Å². The summed E-state index contributed by atoms with van der Waals surface area (Å²) in [5.41, 5.74) is 8.85. The van der Waals surface area contributed by atoms with Gasteiger partial charge in [-0.3, -0.25) is 0 Å². The van der Waals surface area contributed by atoms with Crippen LogP contribution in [-0.4, -0.2) is 14.2 Å². The molecule has 22 heavy (non-hydrogen) atoms. The van der Waals surface area contributed by atoms with Gasteiger partial charge < -0.3 is 9.47 Å². The lowest BCUT2D eigenvalue weighted by atomic mass is 9.58. The van der Waals surface area contributed by atoms with Gasteiger partial charge in [0.1, 0.15) is 11.5 Å². The summed E-state index contributed by atoms with van der Waals surface area (Å²) in [4.78, 5) is 0. The summed E-state index contributed by atoms with van der Waals surface area (Å²) in [6, 6.07) is 8.89. The van der Waals surface area contributed by atoms with Crippen molar-refractivity contribution >= 4 is 0 Å². The van der Waals surface area contributed by atoms with E-state index in [2.05, 4.69) is 24.3 Å². The molecular weight excluding hydrogens is 272 g/mol. The Hall–Kier alpha value is -1.96. The quantitative estimate of drug-likeness (QED) is 0.814. The van der Waals surface area contributed by atoms with Crippen LogP contribution in [0.25, 0.3) is 11.1 Å². The van der Waals surface area contributed by atoms with Gasteiger partial charge in [-0.15, -0.1) is 0 Å². The van der Waals surface area contributed by atoms with Crippen molar-refractivity contribution in [3.8, 4) is 22.6 Å². The van der Waals surface area contributed by atoms with Crippen molar-refractivity contribution in [1.82, 2.24) is 0 Å². The first-order valence-corrected chi connectivity index (χ1v) is 8.23. The van der Waals surface area contributed by atoms with Gasteiger partial charge in [-0.2, -0.15) is 0 Å². The van der Waals surface area contributed by atoms with Gasteiger partial charge in [-0.25, -0.2) is 0 Å². The molecule has 2 aromatic rings. The maximum atomic E-state index is 5.72. The molecule has 0 aliphatic heterocycles. The lowest BCUT2D eigenvalue weighted by Crippen LogP contribution is -2.29. The minimum atomic E-state index is 0.611. The lowest BCUT2D eigenvalue weighted by Gasteiger charge is -2.46. The summed E-state index contributed by atoms with van der Waals surface area (Å²) in [5, 5.41) is 0. The summed E-state index contributed by atoms with van der Waals surface area (Å²) in [5.74, 6) is 3.38. The van der Waals surface area contributed by atoms with E-state index in [4.69, 9.17) is 9.47 Å². The number of aryl methyl sites for hydroxylation is 2. The highest BCUT2D eigenvalue weighted by atomic mass is 16.5. The van der Waals surface area contributed by atoms with E-state index < -0.39 is 0 Å². The molecule has 3 aliphatic rings. The van der Waals surface area contributed by atoms with Crippen LogP contribution in [-0.2, 0) is 12.8 Å². The molecule has 5 rings (SSSR count). The van der Waals surface area contributed by atoms with Gasteiger partial charge in [-0.05, 0) is 71.9 Å². The van der Waals surface area contributed by atoms with Crippen LogP contribution in [0.15, 0.2) is 24.3 Å². The molecule has 2 atom stereocenters. The van der Waals surface area contributed by atoms with Crippen molar-refractivity contribution in [2.75, 3.05) is 14.2 Å². The number of fused-ring (bicyclic) bond motifs is 3. The molecule has 2 aromatic carbocycles. The van der Waals surface area contributed by atoms with E-state index in [1.807, 2.05) is 0 Å². The van der Waals surface area contributed by atoms with E-state index in [1.54, 1.807) is 14.2 Å². The average Bonchev–Trinajstić information content (AvgIpc) is 2.53. The van der Waals surface area contributed by atoms with Crippen LogP contribution in [0.5, 0.6) is 11.5 Å². The molecule has 0 radical (unpaired) electrons. The summed E-state index contributed by atoms with van der Waals surface area (Å²) in [6.45, 7) is 0. The Kier molecular flexibility index (Phi) is 2.45. The van der Waals surface area contributed by atoms with Crippen molar-refractivity contribution in [3.05, 3.63) is 46.5 Å². The fourth-order valence-electron chi connectivity index (χ4n) is 4.85. The highest BCUT2D eigenvalue weighted by Gasteiger charge is 2.45. The summed E-state index contributed by atoms with van der Waals surface area (Å²) in [6.07, 6.45) is 4.82. The predicted molar refractivity (Wildman–Crippen MR) is 87.1 cm³/mol. The maximum Gasteiger partial charge on any atom is 0.122 e. The van der Waals surface area contributed by atoms with E-state index in [0.29, 0.717) is 11.8 Å². The third-order valence-electron chi connectivity index (χ3n) is 5.95. The van der Waals surface area contributed by atoms with Gasteiger partial charge in [0.25, 0.3) is 0 Å². The first-order chi connectivity index (χ1) is 10.8. The first-order valence-electron chi connectivity index (χ1n) is 8.23. The Labute approximate surface area is 131 Å². The minimum absolute atomic E-state index is 0.611. The smallest absolute Gasteiger partial charge is 0.122 e. The second kappa shape index (κ2) is 4.28. The van der Waals surface area contributed by atoms with E-state index >= 15 is 0 Å². The number of hydrogen-bond donors (Lipinski definition) is 0. The Morgan fingerprint density at radius 1 is 0.727 bits per heavy atom. The number of ether oxygens (including phenoxy) is 2. The number of methoxy groups -OCH3 is 2. The third-order valence-corrected chi connectivity index (χ3v) is 5.95. The standard InChI is InChI=1S/C20H20O2/c1-21-15-9-5-11-3-4-12-6-10-16(22-2)20-14-8-7-13(14)19(15)17(11)18(12)20/h5-6,9-10,13-14H,3-4,7-8H2,1-2H3. The van der Waals surface area contributed by atoms with E-state index in [0.717, 1.165) is 24.3 Å². The highest BCUT2D eigenvalue weighted by Crippen LogP contribution is 2.63. The molecule has 1 fully saturated rings. The second-order valence-electron chi connectivity index (χ2n) is 6.72. The fourth-order valence-corrected chi connectivity index (χ4v) is 4.85. The Balaban J connectivity index is 1.91. The molecule has 112 valence electrons. The predicted octanol–water partition coefficient (Wildman–Crippen LogP) is 4.44. The van der Waals surface area contributed by atoms with Crippen LogP contribution in [0.2, 0.25) is 0 Å². The lowest BCUT2D eigenvalue weighted by molar-refractivity contribution is 0.312. The molecule has 2 nitrogen and oxygen atoms in total. The molecule has 3 aliphatic carbocycles. The van der Waals surface area contributed by atoms with E-state index in [-0.39, 0.29) is 0 Å². The zero-order valence-corrected chi connectivity index (χ0v) is 13.1. The number of hydrogen-bond acceptors (Lipinski definition) is 2. The topological polar surface area (TPSA) is 18.5 Å². The summed E-state index contributed by atoms with van der Waals surface area (Å²) < 4.78 is 11.4. The van der Waals surface area contributed by atoms with Gasteiger partial charge in [0.05, 0.1) is 14.2 Å². The van der Waals surface area contributed by atoms with Crippen molar-refractivity contribution in [1.29, 1.82) is 0 Å². The zero-order chi connectivity index (χ0) is 14.8. The highest BCUT2D eigenvalue weighted by molar-refractivity contribution is 5.86. The molecule has 1 saturated carbocycles. The number of benzene rings is 2. The molecule has 0 spiro atoms. The normalized spacial score (nSPS) is 23.2. The Morgan fingerprint density at radius 3 is 1.55 bits per heavy atom. The molecule has 0 amide bonds. The van der Waals surface area contributed by atoms with E-state index in [9.17, 15) is 0 Å². The van der Waals surface area contributed by atoms with Crippen molar-refractivity contribution < 1.29 is 9.47 Å². The SMILES string of the molecule is COc1ccc2c3c1C1CCC1c1c(OC)ccc(c1-3)CC2. The van der Waals surface area contributed by atoms with Gasteiger partial charge in [0.15, 0.2) is 0 Å². The summed E-state index contributed by atoms with van der Waals surface area (Å²) in [7, 11) is 3.60. The van der Waals surface area contributed by atoms with Crippen molar-refractivity contribution in [2.24, 2.45) is 0 Å². The van der Waals surface area contributed by atoms with Crippen LogP contribution < -0.4 is 9.47 Å². The molecular formula is C20H20O2. The fraction of sp³-hybridized carbons (Fsp3) is 0.400. The third kappa shape index (κ3) is 1.36. The largest absolute Gasteiger partial charge is 0.496 e. The number of rotatable bonds is 2. The van der Waals surface area contributed by atoms with Crippen LogP contribution in [0.4, 0.5) is 0 Å². The van der Waals surface area contributed by atoms with E-state index in [1.165, 1.54) is 46.2 Å². The second-order valence-corrected chi connectivity index (χ2v) is 6.72. The van der Waals surface area contributed by atoms with Crippen LogP contribution >= 0.6 is 0 Å². The van der Waals surface area contributed by atoms with Gasteiger partial charge in [0, 0.05) is 11.1 Å². The monoisotopic (exact) mass is 292 g/mol. The molecule has 0 aromatic heterocycles. The van der Waals surface area contributed by atoms with Crippen LogP contribution in [0.1, 0.15) is 46.9 Å². The Bertz CT molecular complexity index is 723. The zero-order valence-electron chi connectivity index (χ0n) is 13.1. The molecule has 0 bridgehead atoms. The van der Waals surface area contributed by atoms with Gasteiger partial charge in [-0.1, -0.05) is 12.1 Å². The van der Waals surface area contributed by atoms with Crippen LogP contribution in [0, 0.1) is 0 Å². The average molecular weight is 292 g/mol. The van der Waals surface area contributed by atoms with Crippen molar-refractivity contribution in [3.63, 3.8) is 0 Å². The molecule has 0 saturated heterocycles. The first kappa shape index (κ1) is 12.6. The molecule has 0 heterocycles.